The van der Waals surface area contributed by atoms with Crippen LogP contribution in [0.4, 0.5) is 10.2 Å². The van der Waals surface area contributed by atoms with Crippen LogP contribution in [0.5, 0.6) is 5.75 Å². The molecule has 1 amide bonds. The van der Waals surface area contributed by atoms with Crippen LogP contribution in [-0.4, -0.2) is 57.9 Å². The monoisotopic (exact) mass is 436 g/mol. The van der Waals surface area contributed by atoms with Crippen LogP contribution in [0.2, 0.25) is 5.02 Å². The molecule has 0 fully saturated rings. The van der Waals surface area contributed by atoms with E-state index in [2.05, 4.69) is 16.7 Å². The van der Waals surface area contributed by atoms with E-state index in [4.69, 9.17) is 21.1 Å². The number of aryl methyl sites for hydroxylation is 1. The van der Waals surface area contributed by atoms with Crippen molar-refractivity contribution in [1.82, 2.24) is 14.7 Å². The Morgan fingerprint density at radius 2 is 2.23 bits per heavy atom. The zero-order valence-corrected chi connectivity index (χ0v) is 17.4. The standard InChI is InChI=1S/C20H22ClFN4O4/c1-4-16-24-19-13(11-23-25(19)3)20(28)26(7-9-27)8-10-29-15-6-5-14(22)18(21)17(15)12(2)30-16/h4-6,11-12,27H,1,7-10H2,2-3H3/b24-16+. The molecule has 8 nitrogen and oxygen atoms in total. The Balaban J connectivity index is 2.13. The molecule has 1 aliphatic rings. The third-order valence-corrected chi connectivity index (χ3v) is 4.99. The highest BCUT2D eigenvalue weighted by atomic mass is 35.5. The third-order valence-electron chi connectivity index (χ3n) is 4.60. The lowest BCUT2D eigenvalue weighted by atomic mass is 10.1. The van der Waals surface area contributed by atoms with E-state index in [0.717, 1.165) is 0 Å². The first kappa shape index (κ1) is 21.8. The van der Waals surface area contributed by atoms with Gasteiger partial charge in [0.1, 0.15) is 29.8 Å². The number of aliphatic imine (C=N–C) groups is 1. The number of fused-ring (bicyclic) bond motifs is 2. The highest BCUT2D eigenvalue weighted by Crippen LogP contribution is 2.36. The summed E-state index contributed by atoms with van der Waals surface area (Å²) in [5.41, 5.74) is 0.554. The number of hydrogen-bond donors (Lipinski definition) is 1. The van der Waals surface area contributed by atoms with E-state index in [1.807, 2.05) is 0 Å². The van der Waals surface area contributed by atoms with Gasteiger partial charge in [-0.05, 0) is 25.1 Å². The smallest absolute Gasteiger partial charge is 0.259 e. The van der Waals surface area contributed by atoms with Crippen LogP contribution < -0.4 is 4.74 Å². The highest BCUT2D eigenvalue weighted by molar-refractivity contribution is 6.31. The summed E-state index contributed by atoms with van der Waals surface area (Å²) in [5.74, 6) is -0.295. The maximum atomic E-state index is 14.1. The number of halogens is 2. The molecule has 2 aromatic rings. The molecule has 30 heavy (non-hydrogen) atoms. The predicted molar refractivity (Wildman–Crippen MR) is 110 cm³/mol. The Morgan fingerprint density at radius 3 is 2.93 bits per heavy atom. The fraction of sp³-hybridized carbons (Fsp3) is 0.350. The van der Waals surface area contributed by atoms with Gasteiger partial charge < -0.3 is 19.5 Å². The lowest BCUT2D eigenvalue weighted by Gasteiger charge is -2.22. The number of rotatable bonds is 3. The van der Waals surface area contributed by atoms with Crippen LogP contribution in [0, 0.1) is 5.82 Å². The second-order valence-corrected chi connectivity index (χ2v) is 6.94. The maximum absolute atomic E-state index is 14.1. The quantitative estimate of drug-likeness (QED) is 0.798. The van der Waals surface area contributed by atoms with Gasteiger partial charge in [-0.3, -0.25) is 9.48 Å². The number of carbonyl (C=O) groups is 1. The van der Waals surface area contributed by atoms with Crippen LogP contribution in [0.15, 0.2) is 36.0 Å². The Bertz CT molecular complexity index is 991. The molecule has 0 spiro atoms. The first-order chi connectivity index (χ1) is 14.4. The van der Waals surface area contributed by atoms with E-state index in [1.54, 1.807) is 14.0 Å². The minimum absolute atomic E-state index is 0.0954. The number of aliphatic hydroxyl groups excluding tert-OH is 1. The molecule has 1 unspecified atom stereocenters. The van der Waals surface area contributed by atoms with E-state index in [9.17, 15) is 14.3 Å². The van der Waals surface area contributed by atoms with Gasteiger partial charge in [-0.25, -0.2) is 4.39 Å². The van der Waals surface area contributed by atoms with E-state index < -0.39 is 11.9 Å². The second-order valence-electron chi connectivity index (χ2n) is 6.56. The van der Waals surface area contributed by atoms with Crippen LogP contribution >= 0.6 is 11.6 Å². The van der Waals surface area contributed by atoms with E-state index in [0.29, 0.717) is 11.3 Å². The summed E-state index contributed by atoms with van der Waals surface area (Å²) in [6.45, 7) is 5.52. The average Bonchev–Trinajstić information content (AvgIpc) is 3.08. The van der Waals surface area contributed by atoms with Crippen molar-refractivity contribution in [3.63, 3.8) is 0 Å². The Labute approximate surface area is 178 Å². The minimum Gasteiger partial charge on any atom is -0.491 e. The van der Waals surface area contributed by atoms with Crippen molar-refractivity contribution in [3.8, 4) is 5.75 Å². The van der Waals surface area contributed by atoms with Crippen molar-refractivity contribution in [1.29, 1.82) is 0 Å². The zero-order valence-electron chi connectivity index (χ0n) is 16.6. The molecule has 0 saturated heterocycles. The molecular formula is C20H22ClFN4O4. The van der Waals surface area contributed by atoms with Gasteiger partial charge in [-0.2, -0.15) is 10.1 Å². The number of carbonyl (C=O) groups excluding carboxylic acids is 1. The van der Waals surface area contributed by atoms with Crippen molar-refractivity contribution in [3.05, 3.63) is 53.0 Å². The Hall–Kier alpha value is -2.91. The third kappa shape index (κ3) is 4.31. The highest BCUT2D eigenvalue weighted by Gasteiger charge is 2.25. The van der Waals surface area contributed by atoms with E-state index in [1.165, 1.54) is 34.0 Å². The topological polar surface area (TPSA) is 89.2 Å². The van der Waals surface area contributed by atoms with Crippen molar-refractivity contribution in [2.45, 2.75) is 13.0 Å². The maximum Gasteiger partial charge on any atom is 0.259 e. The number of hydrogen-bond acceptors (Lipinski definition) is 6. The van der Waals surface area contributed by atoms with Crippen molar-refractivity contribution >= 4 is 29.2 Å². The summed E-state index contributed by atoms with van der Waals surface area (Å²) in [5, 5.41) is 13.4. The van der Waals surface area contributed by atoms with E-state index >= 15 is 0 Å². The van der Waals surface area contributed by atoms with Crippen LogP contribution in [-0.2, 0) is 11.8 Å². The number of amides is 1. The van der Waals surface area contributed by atoms with E-state index in [-0.39, 0.29) is 54.5 Å². The number of aromatic nitrogens is 2. The summed E-state index contributed by atoms with van der Waals surface area (Å²) in [7, 11) is 1.64. The first-order valence-electron chi connectivity index (χ1n) is 9.28. The Morgan fingerprint density at radius 1 is 1.47 bits per heavy atom. The molecule has 1 N–H and O–H groups in total. The molecule has 2 heterocycles. The molecule has 0 saturated carbocycles. The molecule has 3 rings (SSSR count). The largest absolute Gasteiger partial charge is 0.491 e. The zero-order chi connectivity index (χ0) is 21.8. The molecule has 1 atom stereocenters. The minimum atomic E-state index is -0.721. The molecule has 1 aliphatic heterocycles. The summed E-state index contributed by atoms with van der Waals surface area (Å²) in [6, 6.07) is 2.66. The second kappa shape index (κ2) is 9.27. The molecule has 1 aromatic carbocycles. The SMILES string of the molecule is C=C/C1=N\c2c(cnn2C)C(=O)N(CCO)CCOc2ccc(F)c(Cl)c2C(C)O1. The first-order valence-corrected chi connectivity index (χ1v) is 9.65. The Kier molecular flexibility index (Phi) is 6.73. The summed E-state index contributed by atoms with van der Waals surface area (Å²) in [4.78, 5) is 18.9. The van der Waals surface area contributed by atoms with Crippen molar-refractivity contribution < 1.29 is 23.8 Å². The van der Waals surface area contributed by atoms with Gasteiger partial charge in [0.05, 0.1) is 29.9 Å². The summed E-state index contributed by atoms with van der Waals surface area (Å²) < 4.78 is 27.2. The van der Waals surface area contributed by atoms with Crippen LogP contribution in [0.1, 0.15) is 28.9 Å². The lowest BCUT2D eigenvalue weighted by molar-refractivity contribution is 0.0693. The number of nitrogens with zero attached hydrogens (tertiary/aromatic N) is 4. The number of benzene rings is 1. The van der Waals surface area contributed by atoms with Gasteiger partial charge in [0.15, 0.2) is 5.82 Å². The summed E-state index contributed by atoms with van der Waals surface area (Å²) >= 11 is 6.20. The van der Waals surface area contributed by atoms with Crippen LogP contribution in [0.25, 0.3) is 0 Å². The summed E-state index contributed by atoms with van der Waals surface area (Å²) in [6.07, 6.45) is 2.05. The molecule has 0 aliphatic carbocycles. The predicted octanol–water partition coefficient (Wildman–Crippen LogP) is 3.03. The van der Waals surface area contributed by atoms with Gasteiger partial charge in [-0.1, -0.05) is 18.2 Å². The molecule has 0 bridgehead atoms. The van der Waals surface area contributed by atoms with Crippen molar-refractivity contribution in [2.75, 3.05) is 26.3 Å². The molecule has 1 aromatic heterocycles. The molecule has 0 radical (unpaired) electrons. The fourth-order valence-electron chi connectivity index (χ4n) is 3.10. The van der Waals surface area contributed by atoms with Gasteiger partial charge >= 0.3 is 0 Å². The molecule has 160 valence electrons. The van der Waals surface area contributed by atoms with Gasteiger partial charge in [0.25, 0.3) is 5.91 Å². The van der Waals surface area contributed by atoms with Gasteiger partial charge in [0.2, 0.25) is 5.90 Å². The van der Waals surface area contributed by atoms with Gasteiger partial charge in [0, 0.05) is 13.6 Å². The normalized spacial score (nSPS) is 19.1. The van der Waals surface area contributed by atoms with Crippen LogP contribution in [0.3, 0.4) is 0 Å². The lowest BCUT2D eigenvalue weighted by Crippen LogP contribution is -2.36. The number of β-amino-alcohol motifs (C(OH)–C–C–N with tert-alkyl or cyclic N) is 1. The number of aliphatic hydroxyl groups is 1. The van der Waals surface area contributed by atoms with Crippen molar-refractivity contribution in [2.24, 2.45) is 12.0 Å². The van der Waals surface area contributed by atoms with Gasteiger partial charge in [-0.15, -0.1) is 0 Å². The average molecular weight is 437 g/mol. The number of ether oxygens (including phenoxy) is 2. The molecule has 10 heteroatoms. The molecular weight excluding hydrogens is 415 g/mol. The fourth-order valence-corrected chi connectivity index (χ4v) is 3.41.